The van der Waals surface area contributed by atoms with Gasteiger partial charge in [-0.15, -0.1) is 12.4 Å². The Morgan fingerprint density at radius 2 is 2.00 bits per heavy atom. The maximum atomic E-state index is 12.1. The summed E-state index contributed by atoms with van der Waals surface area (Å²) < 4.78 is 41.0. The number of alkyl halides is 3. The predicted octanol–water partition coefficient (Wildman–Crippen LogP) is 2.87. The van der Waals surface area contributed by atoms with Gasteiger partial charge in [-0.25, -0.2) is 4.98 Å². The van der Waals surface area contributed by atoms with E-state index in [9.17, 15) is 13.2 Å². The van der Waals surface area contributed by atoms with Crippen LogP contribution >= 0.6 is 12.4 Å². The zero-order valence-electron chi connectivity index (χ0n) is 8.71. The van der Waals surface area contributed by atoms with Crippen LogP contribution in [0, 0.1) is 0 Å². The molecule has 1 N–H and O–H groups in total. The Morgan fingerprint density at radius 3 is 2.38 bits per heavy atom. The van der Waals surface area contributed by atoms with E-state index in [0.29, 0.717) is 5.69 Å². The fourth-order valence-electron chi connectivity index (χ4n) is 0.846. The molecular weight excluding hydrogens is 245 g/mol. The molecule has 0 spiro atoms. The summed E-state index contributed by atoms with van der Waals surface area (Å²) in [6.07, 6.45) is -4.83. The molecule has 0 fully saturated rings. The lowest BCUT2D eigenvalue weighted by molar-refractivity contribution is -0.189. The highest BCUT2D eigenvalue weighted by atomic mass is 35.5. The molecule has 1 unspecified atom stereocenters. The standard InChI is InChI=1S/C9H11F3N2O.ClH/c1-6(9(10,11)12)15-8-4-3-7(13-2)5-14-8;/h3-6,13H,1-2H3;1H. The van der Waals surface area contributed by atoms with E-state index in [2.05, 4.69) is 15.0 Å². The highest BCUT2D eigenvalue weighted by Crippen LogP contribution is 2.24. The average molecular weight is 257 g/mol. The second-order valence-electron chi connectivity index (χ2n) is 2.94. The van der Waals surface area contributed by atoms with E-state index in [1.807, 2.05) is 0 Å². The van der Waals surface area contributed by atoms with Gasteiger partial charge in [0, 0.05) is 13.1 Å². The van der Waals surface area contributed by atoms with Crippen molar-refractivity contribution >= 4 is 18.1 Å². The van der Waals surface area contributed by atoms with Gasteiger partial charge in [0.15, 0.2) is 6.10 Å². The van der Waals surface area contributed by atoms with Crippen LogP contribution in [0.25, 0.3) is 0 Å². The van der Waals surface area contributed by atoms with E-state index in [1.165, 1.54) is 12.3 Å². The van der Waals surface area contributed by atoms with Crippen LogP contribution in [0.3, 0.4) is 0 Å². The average Bonchev–Trinajstić information content (AvgIpc) is 2.17. The van der Waals surface area contributed by atoms with Gasteiger partial charge in [-0.05, 0) is 13.0 Å². The van der Waals surface area contributed by atoms with E-state index >= 15 is 0 Å². The zero-order valence-corrected chi connectivity index (χ0v) is 9.52. The maximum absolute atomic E-state index is 12.1. The smallest absolute Gasteiger partial charge is 0.425 e. The molecule has 1 rings (SSSR count). The Hall–Kier alpha value is -1.17. The minimum Gasteiger partial charge on any atom is -0.465 e. The molecule has 0 aliphatic rings. The van der Waals surface area contributed by atoms with E-state index in [4.69, 9.17) is 0 Å². The van der Waals surface area contributed by atoms with Gasteiger partial charge in [0.25, 0.3) is 0 Å². The quantitative estimate of drug-likeness (QED) is 0.903. The summed E-state index contributed by atoms with van der Waals surface area (Å²) in [6, 6.07) is 2.97. The number of anilines is 1. The van der Waals surface area contributed by atoms with Crippen molar-refractivity contribution in [1.82, 2.24) is 4.98 Å². The molecule has 0 aliphatic carbocycles. The second-order valence-corrected chi connectivity index (χ2v) is 2.94. The number of aromatic nitrogens is 1. The van der Waals surface area contributed by atoms with Crippen molar-refractivity contribution in [2.24, 2.45) is 0 Å². The molecule has 3 nitrogen and oxygen atoms in total. The lowest BCUT2D eigenvalue weighted by atomic mass is 10.4. The molecule has 1 heterocycles. The van der Waals surface area contributed by atoms with Gasteiger partial charge < -0.3 is 10.1 Å². The summed E-state index contributed by atoms with van der Waals surface area (Å²) >= 11 is 0. The van der Waals surface area contributed by atoms with Crippen LogP contribution in [0.2, 0.25) is 0 Å². The van der Waals surface area contributed by atoms with Gasteiger partial charge in [0.2, 0.25) is 5.88 Å². The van der Waals surface area contributed by atoms with Gasteiger partial charge in [0.1, 0.15) is 0 Å². The normalized spacial score (nSPS) is 12.6. The highest BCUT2D eigenvalue weighted by Gasteiger charge is 2.38. The Kier molecular flexibility index (Phi) is 5.37. The van der Waals surface area contributed by atoms with Crippen LogP contribution in [-0.4, -0.2) is 24.3 Å². The molecule has 1 atom stereocenters. The molecule has 0 saturated carbocycles. The summed E-state index contributed by atoms with van der Waals surface area (Å²) in [5.74, 6) is -0.0428. The topological polar surface area (TPSA) is 34.1 Å². The Morgan fingerprint density at radius 1 is 1.38 bits per heavy atom. The van der Waals surface area contributed by atoms with Gasteiger partial charge in [-0.2, -0.15) is 13.2 Å². The van der Waals surface area contributed by atoms with Crippen molar-refractivity contribution < 1.29 is 17.9 Å². The molecule has 0 saturated heterocycles. The van der Waals surface area contributed by atoms with Crippen molar-refractivity contribution in [3.8, 4) is 5.88 Å². The first-order chi connectivity index (χ1) is 6.93. The monoisotopic (exact) mass is 256 g/mol. The zero-order chi connectivity index (χ0) is 11.5. The highest BCUT2D eigenvalue weighted by molar-refractivity contribution is 5.85. The fourth-order valence-corrected chi connectivity index (χ4v) is 0.846. The third-order valence-electron chi connectivity index (χ3n) is 1.78. The number of rotatable bonds is 3. The Bertz CT molecular complexity index is 316. The summed E-state index contributed by atoms with van der Waals surface area (Å²) in [5.41, 5.74) is 0.710. The summed E-state index contributed by atoms with van der Waals surface area (Å²) in [4.78, 5) is 3.72. The fraction of sp³-hybridized carbons (Fsp3) is 0.444. The number of nitrogens with one attached hydrogen (secondary N) is 1. The summed E-state index contributed by atoms with van der Waals surface area (Å²) in [5, 5.41) is 2.80. The molecule has 0 radical (unpaired) electrons. The first kappa shape index (κ1) is 14.8. The van der Waals surface area contributed by atoms with Crippen LogP contribution in [0.4, 0.5) is 18.9 Å². The number of ether oxygens (including phenoxy) is 1. The molecule has 7 heteroatoms. The molecule has 0 aromatic carbocycles. The molecule has 0 amide bonds. The maximum Gasteiger partial charge on any atom is 0.425 e. The lowest BCUT2D eigenvalue weighted by Crippen LogP contribution is -2.31. The first-order valence-corrected chi connectivity index (χ1v) is 4.30. The van der Waals surface area contributed by atoms with Crippen molar-refractivity contribution in [2.75, 3.05) is 12.4 Å². The van der Waals surface area contributed by atoms with Gasteiger partial charge in [0.05, 0.1) is 11.9 Å². The van der Waals surface area contributed by atoms with Crippen molar-refractivity contribution in [3.05, 3.63) is 18.3 Å². The van der Waals surface area contributed by atoms with Crippen molar-refractivity contribution in [3.63, 3.8) is 0 Å². The molecule has 92 valence electrons. The van der Waals surface area contributed by atoms with E-state index in [1.54, 1.807) is 13.1 Å². The second kappa shape index (κ2) is 5.79. The first-order valence-electron chi connectivity index (χ1n) is 4.30. The third-order valence-corrected chi connectivity index (χ3v) is 1.78. The van der Waals surface area contributed by atoms with Gasteiger partial charge in [-0.1, -0.05) is 0 Å². The minimum absolute atomic E-state index is 0. The SMILES string of the molecule is CNc1ccc(OC(C)C(F)(F)F)nc1.Cl. The number of nitrogens with zero attached hydrogens (tertiary/aromatic N) is 1. The number of pyridine rings is 1. The number of halogens is 4. The van der Waals surface area contributed by atoms with Gasteiger partial charge in [-0.3, -0.25) is 0 Å². The minimum atomic E-state index is -4.37. The lowest BCUT2D eigenvalue weighted by Gasteiger charge is -2.16. The molecule has 16 heavy (non-hydrogen) atoms. The van der Waals surface area contributed by atoms with Gasteiger partial charge >= 0.3 is 6.18 Å². The summed E-state index contributed by atoms with van der Waals surface area (Å²) in [6.45, 7) is 0.938. The summed E-state index contributed by atoms with van der Waals surface area (Å²) in [7, 11) is 1.69. The van der Waals surface area contributed by atoms with Crippen LogP contribution in [0.15, 0.2) is 18.3 Å². The van der Waals surface area contributed by atoms with E-state index in [0.717, 1.165) is 6.92 Å². The molecule has 0 bridgehead atoms. The molecule has 0 aliphatic heterocycles. The van der Waals surface area contributed by atoms with E-state index in [-0.39, 0.29) is 18.3 Å². The predicted molar refractivity (Wildman–Crippen MR) is 57.2 cm³/mol. The van der Waals surface area contributed by atoms with Crippen molar-refractivity contribution in [2.45, 2.75) is 19.2 Å². The largest absolute Gasteiger partial charge is 0.465 e. The van der Waals surface area contributed by atoms with Crippen molar-refractivity contribution in [1.29, 1.82) is 0 Å². The van der Waals surface area contributed by atoms with E-state index < -0.39 is 12.3 Å². The number of hydrogen-bond acceptors (Lipinski definition) is 3. The Labute approximate surface area is 97.4 Å². The third kappa shape index (κ3) is 4.14. The van der Waals surface area contributed by atoms with Crippen LogP contribution in [0.5, 0.6) is 5.88 Å². The molecule has 1 aromatic rings. The molecular formula is C9H12ClF3N2O. The van der Waals surface area contributed by atoms with Crippen LogP contribution in [-0.2, 0) is 0 Å². The van der Waals surface area contributed by atoms with Crippen LogP contribution < -0.4 is 10.1 Å². The molecule has 1 aromatic heterocycles. The number of hydrogen-bond donors (Lipinski definition) is 1. The van der Waals surface area contributed by atoms with Crippen LogP contribution in [0.1, 0.15) is 6.92 Å². The Balaban J connectivity index is 0.00000225.